The highest BCUT2D eigenvalue weighted by Gasteiger charge is 2.27. The lowest BCUT2D eigenvalue weighted by Crippen LogP contribution is -2.21. The molecule has 4 rings (SSSR count). The molecule has 0 unspecified atom stereocenters. The van der Waals surface area contributed by atoms with Crippen LogP contribution in [0.2, 0.25) is 0 Å². The first-order valence-corrected chi connectivity index (χ1v) is 11.3. The van der Waals surface area contributed by atoms with Crippen LogP contribution in [0.5, 0.6) is 11.5 Å². The number of carbonyl (C=O) groups is 2. The van der Waals surface area contributed by atoms with Crippen LogP contribution in [0.1, 0.15) is 35.3 Å². The van der Waals surface area contributed by atoms with E-state index in [0.29, 0.717) is 17.1 Å². The molecule has 0 aromatic heterocycles. The standard InChI is InChI=1S/C28H27NO5/c1-3-29(4-2)22-12-10-20(11-13-22)16-26-28(31)24-15-14-23(17-25(24)34-26)32-19-27(30)33-18-21-8-6-5-7-9-21/h5-17H,3-4,18-19H2,1-2H3/b26-16-. The van der Waals surface area contributed by atoms with Crippen molar-refractivity contribution in [3.63, 3.8) is 0 Å². The quantitative estimate of drug-likeness (QED) is 0.322. The van der Waals surface area contributed by atoms with Crippen LogP contribution in [0.15, 0.2) is 78.6 Å². The maximum Gasteiger partial charge on any atom is 0.344 e. The van der Waals surface area contributed by atoms with Gasteiger partial charge in [0.25, 0.3) is 0 Å². The van der Waals surface area contributed by atoms with E-state index in [1.807, 2.05) is 54.6 Å². The number of esters is 1. The third-order valence-corrected chi connectivity index (χ3v) is 5.56. The van der Waals surface area contributed by atoms with Crippen LogP contribution in [-0.2, 0) is 16.1 Å². The Morgan fingerprint density at radius 2 is 1.71 bits per heavy atom. The Hall–Kier alpha value is -4.06. The number of ether oxygens (including phenoxy) is 3. The predicted octanol–water partition coefficient (Wildman–Crippen LogP) is 5.27. The molecule has 0 amide bonds. The summed E-state index contributed by atoms with van der Waals surface area (Å²) in [6, 6.07) is 22.3. The largest absolute Gasteiger partial charge is 0.482 e. The minimum atomic E-state index is -0.477. The van der Waals surface area contributed by atoms with Gasteiger partial charge in [0.05, 0.1) is 5.56 Å². The van der Waals surface area contributed by atoms with Crippen molar-refractivity contribution in [1.82, 2.24) is 0 Å². The Kier molecular flexibility index (Phi) is 7.28. The number of fused-ring (bicyclic) bond motifs is 1. The normalized spacial score (nSPS) is 13.4. The van der Waals surface area contributed by atoms with Gasteiger partial charge < -0.3 is 19.1 Å². The van der Waals surface area contributed by atoms with Gasteiger partial charge in [0.2, 0.25) is 5.78 Å². The van der Waals surface area contributed by atoms with Gasteiger partial charge in [-0.15, -0.1) is 0 Å². The molecule has 0 saturated carbocycles. The van der Waals surface area contributed by atoms with E-state index in [0.717, 1.165) is 29.9 Å². The molecule has 1 aliphatic rings. The maximum absolute atomic E-state index is 12.7. The Morgan fingerprint density at radius 3 is 2.41 bits per heavy atom. The van der Waals surface area contributed by atoms with Crippen molar-refractivity contribution in [2.24, 2.45) is 0 Å². The van der Waals surface area contributed by atoms with Gasteiger partial charge in [0.1, 0.15) is 18.1 Å². The number of carbonyl (C=O) groups excluding carboxylic acids is 2. The monoisotopic (exact) mass is 457 g/mol. The van der Waals surface area contributed by atoms with E-state index < -0.39 is 5.97 Å². The number of hydrogen-bond donors (Lipinski definition) is 0. The fraction of sp³-hybridized carbons (Fsp3) is 0.214. The smallest absolute Gasteiger partial charge is 0.344 e. The second-order valence-electron chi connectivity index (χ2n) is 7.80. The molecular formula is C28H27NO5. The fourth-order valence-electron chi connectivity index (χ4n) is 3.70. The van der Waals surface area contributed by atoms with Gasteiger partial charge in [-0.1, -0.05) is 42.5 Å². The highest BCUT2D eigenvalue weighted by Crippen LogP contribution is 2.35. The molecule has 0 aliphatic carbocycles. The summed E-state index contributed by atoms with van der Waals surface area (Å²) in [5.41, 5.74) is 3.38. The molecule has 3 aromatic rings. The number of Topliss-reactive ketones (excluding diaryl/α,β-unsaturated/α-hetero) is 1. The van der Waals surface area contributed by atoms with E-state index in [9.17, 15) is 9.59 Å². The molecule has 1 aliphatic heterocycles. The Morgan fingerprint density at radius 1 is 0.971 bits per heavy atom. The molecule has 0 atom stereocenters. The summed E-state index contributed by atoms with van der Waals surface area (Å²) in [6.45, 7) is 6.06. The Bertz CT molecular complexity index is 1180. The van der Waals surface area contributed by atoms with Crippen molar-refractivity contribution in [1.29, 1.82) is 0 Å². The SMILES string of the molecule is CCN(CC)c1ccc(/C=C2\Oc3cc(OCC(=O)OCc4ccccc4)ccc3C2=O)cc1. The molecule has 1 heterocycles. The molecule has 0 bridgehead atoms. The number of anilines is 1. The van der Waals surface area contributed by atoms with E-state index in [2.05, 4.69) is 18.7 Å². The summed E-state index contributed by atoms with van der Waals surface area (Å²) < 4.78 is 16.6. The summed E-state index contributed by atoms with van der Waals surface area (Å²) in [5.74, 6) is 0.427. The second-order valence-corrected chi connectivity index (χ2v) is 7.80. The summed E-state index contributed by atoms with van der Waals surface area (Å²) in [4.78, 5) is 27.0. The van der Waals surface area contributed by atoms with Gasteiger partial charge >= 0.3 is 5.97 Å². The first kappa shape index (κ1) is 23.1. The summed E-state index contributed by atoms with van der Waals surface area (Å²) in [5, 5.41) is 0. The lowest BCUT2D eigenvalue weighted by Gasteiger charge is -2.20. The molecule has 0 radical (unpaired) electrons. The molecule has 174 valence electrons. The van der Waals surface area contributed by atoms with E-state index in [1.54, 1.807) is 24.3 Å². The maximum atomic E-state index is 12.7. The molecule has 6 heteroatoms. The Balaban J connectivity index is 1.36. The number of benzene rings is 3. The number of rotatable bonds is 9. The number of ketones is 1. The van der Waals surface area contributed by atoms with Crippen LogP contribution in [0.25, 0.3) is 6.08 Å². The van der Waals surface area contributed by atoms with Crippen molar-refractivity contribution in [2.75, 3.05) is 24.6 Å². The van der Waals surface area contributed by atoms with Crippen LogP contribution in [0.4, 0.5) is 5.69 Å². The molecule has 0 saturated heterocycles. The highest BCUT2D eigenvalue weighted by atomic mass is 16.6. The summed E-state index contributed by atoms with van der Waals surface area (Å²) in [6.07, 6.45) is 1.73. The van der Waals surface area contributed by atoms with Crippen LogP contribution < -0.4 is 14.4 Å². The molecule has 34 heavy (non-hydrogen) atoms. The second kappa shape index (κ2) is 10.7. The van der Waals surface area contributed by atoms with Crippen LogP contribution in [-0.4, -0.2) is 31.4 Å². The zero-order valence-corrected chi connectivity index (χ0v) is 19.3. The van der Waals surface area contributed by atoms with Crippen LogP contribution in [0.3, 0.4) is 0 Å². The average Bonchev–Trinajstić information content (AvgIpc) is 3.18. The van der Waals surface area contributed by atoms with Gasteiger partial charge in [0.15, 0.2) is 12.4 Å². The van der Waals surface area contributed by atoms with Crippen molar-refractivity contribution >= 4 is 23.5 Å². The fourth-order valence-corrected chi connectivity index (χ4v) is 3.70. The summed E-state index contributed by atoms with van der Waals surface area (Å²) in [7, 11) is 0. The van der Waals surface area contributed by atoms with E-state index in [1.165, 1.54) is 0 Å². The number of allylic oxidation sites excluding steroid dienone is 1. The molecular weight excluding hydrogens is 430 g/mol. The zero-order chi connectivity index (χ0) is 23.9. The molecule has 3 aromatic carbocycles. The zero-order valence-electron chi connectivity index (χ0n) is 19.3. The van der Waals surface area contributed by atoms with Crippen LogP contribution in [0, 0.1) is 0 Å². The molecule has 6 nitrogen and oxygen atoms in total. The Labute approximate surface area is 199 Å². The van der Waals surface area contributed by atoms with E-state index >= 15 is 0 Å². The van der Waals surface area contributed by atoms with Crippen molar-refractivity contribution in [3.05, 3.63) is 95.2 Å². The first-order valence-electron chi connectivity index (χ1n) is 11.3. The van der Waals surface area contributed by atoms with Gasteiger partial charge in [-0.3, -0.25) is 4.79 Å². The molecule has 0 N–H and O–H groups in total. The van der Waals surface area contributed by atoms with Gasteiger partial charge in [-0.2, -0.15) is 0 Å². The summed E-state index contributed by atoms with van der Waals surface area (Å²) >= 11 is 0. The topological polar surface area (TPSA) is 65.1 Å². The van der Waals surface area contributed by atoms with Crippen LogP contribution >= 0.6 is 0 Å². The molecule has 0 fully saturated rings. The van der Waals surface area contributed by atoms with Gasteiger partial charge in [-0.25, -0.2) is 4.79 Å². The number of nitrogens with zero attached hydrogens (tertiary/aromatic N) is 1. The van der Waals surface area contributed by atoms with E-state index in [-0.39, 0.29) is 24.8 Å². The minimum absolute atomic E-state index is 0.184. The lowest BCUT2D eigenvalue weighted by atomic mass is 10.1. The van der Waals surface area contributed by atoms with Crippen molar-refractivity contribution in [3.8, 4) is 11.5 Å². The third-order valence-electron chi connectivity index (χ3n) is 5.56. The van der Waals surface area contributed by atoms with Gasteiger partial charge in [-0.05, 0) is 55.3 Å². The highest BCUT2D eigenvalue weighted by molar-refractivity contribution is 6.14. The predicted molar refractivity (Wildman–Crippen MR) is 131 cm³/mol. The lowest BCUT2D eigenvalue weighted by molar-refractivity contribution is -0.147. The first-order chi connectivity index (χ1) is 16.6. The van der Waals surface area contributed by atoms with Gasteiger partial charge in [0, 0.05) is 24.8 Å². The number of hydrogen-bond acceptors (Lipinski definition) is 6. The minimum Gasteiger partial charge on any atom is -0.482 e. The average molecular weight is 458 g/mol. The van der Waals surface area contributed by atoms with Crippen molar-refractivity contribution in [2.45, 2.75) is 20.5 Å². The van der Waals surface area contributed by atoms with Crippen molar-refractivity contribution < 1.29 is 23.8 Å². The molecule has 0 spiro atoms. The third kappa shape index (κ3) is 5.46. The van der Waals surface area contributed by atoms with E-state index in [4.69, 9.17) is 14.2 Å².